The van der Waals surface area contributed by atoms with E-state index in [0.29, 0.717) is 5.92 Å². The molecule has 0 aromatic heterocycles. The average Bonchev–Trinajstić information content (AvgIpc) is 2.98. The monoisotopic (exact) mass is 300 g/mol. The second-order valence-electron chi connectivity index (χ2n) is 7.07. The van der Waals surface area contributed by atoms with Gasteiger partial charge < -0.3 is 5.11 Å². The van der Waals surface area contributed by atoms with Crippen LogP contribution in [0.15, 0.2) is 18.2 Å². The molecule has 1 saturated heterocycles. The third-order valence-corrected chi connectivity index (χ3v) is 5.83. The van der Waals surface area contributed by atoms with Crippen LogP contribution < -0.4 is 10.9 Å². The number of carbonyl (C=O) groups is 1. The zero-order chi connectivity index (χ0) is 15.1. The van der Waals surface area contributed by atoms with Gasteiger partial charge in [-0.1, -0.05) is 24.6 Å². The van der Waals surface area contributed by atoms with Gasteiger partial charge in [-0.15, -0.1) is 0 Å². The molecule has 3 aliphatic rings. The Morgan fingerprint density at radius 1 is 1.05 bits per heavy atom. The molecule has 2 aliphatic carbocycles. The van der Waals surface area contributed by atoms with Gasteiger partial charge >= 0.3 is 5.97 Å². The van der Waals surface area contributed by atoms with Gasteiger partial charge in [0.15, 0.2) is 0 Å². The molecule has 1 aromatic carbocycles. The number of hydrogen-bond donors (Lipinski definition) is 3. The van der Waals surface area contributed by atoms with Crippen LogP contribution in [0.5, 0.6) is 0 Å². The van der Waals surface area contributed by atoms with E-state index in [0.717, 1.165) is 19.3 Å². The second-order valence-corrected chi connectivity index (χ2v) is 7.07. The summed E-state index contributed by atoms with van der Waals surface area (Å²) in [6.45, 7) is 0. The van der Waals surface area contributed by atoms with Gasteiger partial charge in [0.1, 0.15) is 0 Å². The molecule has 0 bridgehead atoms. The van der Waals surface area contributed by atoms with Crippen LogP contribution in [0.25, 0.3) is 0 Å². The molecule has 4 nitrogen and oxygen atoms in total. The van der Waals surface area contributed by atoms with E-state index >= 15 is 0 Å². The summed E-state index contributed by atoms with van der Waals surface area (Å²) in [4.78, 5) is 11.5. The molecule has 1 saturated carbocycles. The van der Waals surface area contributed by atoms with Gasteiger partial charge in [0.25, 0.3) is 0 Å². The van der Waals surface area contributed by atoms with Crippen molar-refractivity contribution in [3.05, 3.63) is 34.9 Å². The van der Waals surface area contributed by atoms with E-state index in [1.807, 2.05) is 0 Å². The van der Waals surface area contributed by atoms with Crippen molar-refractivity contribution in [1.82, 2.24) is 10.9 Å². The van der Waals surface area contributed by atoms with Crippen molar-refractivity contribution in [2.24, 2.45) is 11.8 Å². The van der Waals surface area contributed by atoms with E-state index in [1.165, 1.54) is 42.4 Å². The van der Waals surface area contributed by atoms with Crippen molar-refractivity contribution in [1.29, 1.82) is 0 Å². The fraction of sp³-hybridized carbons (Fsp3) is 0.611. The molecular formula is C18H24N2O2. The van der Waals surface area contributed by atoms with Gasteiger partial charge in [-0.2, -0.15) is 0 Å². The minimum atomic E-state index is -0.657. The Balaban J connectivity index is 1.60. The lowest BCUT2D eigenvalue weighted by Gasteiger charge is -2.32. The first kappa shape index (κ1) is 14.2. The van der Waals surface area contributed by atoms with Crippen molar-refractivity contribution in [2.45, 2.75) is 57.0 Å². The highest BCUT2D eigenvalue weighted by molar-refractivity contribution is 5.71. The van der Waals surface area contributed by atoms with Crippen LogP contribution in [0.4, 0.5) is 0 Å². The minimum absolute atomic E-state index is 0.0623. The fourth-order valence-corrected chi connectivity index (χ4v) is 4.66. The van der Waals surface area contributed by atoms with Crippen LogP contribution >= 0.6 is 0 Å². The summed E-state index contributed by atoms with van der Waals surface area (Å²) < 4.78 is 0. The van der Waals surface area contributed by atoms with Gasteiger partial charge in [0.05, 0.1) is 12.0 Å². The fourth-order valence-electron chi connectivity index (χ4n) is 4.66. The lowest BCUT2D eigenvalue weighted by atomic mass is 9.73. The Morgan fingerprint density at radius 2 is 1.86 bits per heavy atom. The summed E-state index contributed by atoms with van der Waals surface area (Å²) in [7, 11) is 0. The van der Waals surface area contributed by atoms with Crippen LogP contribution in [0, 0.1) is 11.8 Å². The third kappa shape index (κ3) is 2.34. The van der Waals surface area contributed by atoms with Crippen LogP contribution in [0.3, 0.4) is 0 Å². The molecule has 22 heavy (non-hydrogen) atoms. The van der Waals surface area contributed by atoms with Gasteiger partial charge in [-0.05, 0) is 61.1 Å². The third-order valence-electron chi connectivity index (χ3n) is 5.83. The van der Waals surface area contributed by atoms with E-state index in [1.54, 1.807) is 0 Å². The Labute approximate surface area is 131 Å². The van der Waals surface area contributed by atoms with E-state index < -0.39 is 5.97 Å². The smallest absolute Gasteiger partial charge is 0.308 e. The zero-order valence-corrected chi connectivity index (χ0v) is 12.8. The molecule has 118 valence electrons. The Kier molecular flexibility index (Phi) is 3.66. The van der Waals surface area contributed by atoms with Crippen molar-refractivity contribution in [2.75, 3.05) is 0 Å². The van der Waals surface area contributed by atoms with Gasteiger partial charge in [-0.3, -0.25) is 10.2 Å². The van der Waals surface area contributed by atoms with Crippen molar-refractivity contribution < 1.29 is 9.90 Å². The van der Waals surface area contributed by atoms with E-state index in [9.17, 15) is 9.90 Å². The number of carboxylic acids is 1. The topological polar surface area (TPSA) is 61.4 Å². The quantitative estimate of drug-likeness (QED) is 0.785. The Bertz CT molecular complexity index is 586. The van der Waals surface area contributed by atoms with Gasteiger partial charge in [0, 0.05) is 6.04 Å². The SMILES string of the molecule is O=C(O)C1CCCC2C(c3ccc4c(c3)CCCC4)NNC12. The Hall–Kier alpha value is -1.39. The van der Waals surface area contributed by atoms with Crippen LogP contribution in [-0.2, 0) is 17.6 Å². The van der Waals surface area contributed by atoms with Crippen molar-refractivity contribution in [3.63, 3.8) is 0 Å². The molecule has 1 aromatic rings. The molecule has 4 rings (SSSR count). The highest BCUT2D eigenvalue weighted by Gasteiger charge is 2.45. The molecule has 4 atom stereocenters. The lowest BCUT2D eigenvalue weighted by Crippen LogP contribution is -2.43. The van der Waals surface area contributed by atoms with Crippen molar-refractivity contribution in [3.8, 4) is 0 Å². The van der Waals surface area contributed by atoms with Crippen LogP contribution in [0.2, 0.25) is 0 Å². The number of carboxylic acid groups (broad SMARTS) is 1. The first-order valence-corrected chi connectivity index (χ1v) is 8.59. The number of fused-ring (bicyclic) bond motifs is 2. The van der Waals surface area contributed by atoms with Crippen LogP contribution in [-0.4, -0.2) is 17.1 Å². The number of hydrogen-bond acceptors (Lipinski definition) is 3. The molecule has 4 heteroatoms. The molecule has 1 heterocycles. The first-order valence-electron chi connectivity index (χ1n) is 8.59. The summed E-state index contributed by atoms with van der Waals surface area (Å²) >= 11 is 0. The van der Waals surface area contributed by atoms with Crippen molar-refractivity contribution >= 4 is 5.97 Å². The first-order chi connectivity index (χ1) is 10.7. The number of aliphatic carboxylic acids is 1. The normalized spacial score (nSPS) is 34.0. The summed E-state index contributed by atoms with van der Waals surface area (Å²) in [5.41, 5.74) is 11.0. The molecular weight excluding hydrogens is 276 g/mol. The standard InChI is InChI=1S/C18H24N2O2/c21-18(22)15-7-3-6-14-16(19-20-17(14)15)13-9-8-11-4-1-2-5-12(11)10-13/h8-10,14-17,19-20H,1-7H2,(H,21,22). The van der Waals surface area contributed by atoms with Gasteiger partial charge in [0.2, 0.25) is 0 Å². The summed E-state index contributed by atoms with van der Waals surface area (Å²) in [6.07, 6.45) is 7.91. The second kappa shape index (κ2) is 5.67. The van der Waals surface area contributed by atoms with Gasteiger partial charge in [-0.25, -0.2) is 5.43 Å². The molecule has 0 amide bonds. The van der Waals surface area contributed by atoms with Crippen LogP contribution in [0.1, 0.15) is 54.8 Å². The predicted molar refractivity (Wildman–Crippen MR) is 84.4 cm³/mol. The molecule has 4 unspecified atom stereocenters. The molecule has 0 radical (unpaired) electrons. The Morgan fingerprint density at radius 3 is 2.68 bits per heavy atom. The molecule has 1 aliphatic heterocycles. The maximum Gasteiger partial charge on any atom is 0.308 e. The van der Waals surface area contributed by atoms with E-state index in [2.05, 4.69) is 29.1 Å². The number of benzene rings is 1. The zero-order valence-electron chi connectivity index (χ0n) is 12.8. The minimum Gasteiger partial charge on any atom is -0.481 e. The maximum atomic E-state index is 11.5. The number of hydrazine groups is 1. The molecule has 0 spiro atoms. The number of nitrogens with one attached hydrogen (secondary N) is 2. The van der Waals surface area contributed by atoms with E-state index in [-0.39, 0.29) is 18.0 Å². The van der Waals surface area contributed by atoms with E-state index in [4.69, 9.17) is 0 Å². The predicted octanol–water partition coefficient (Wildman–Crippen LogP) is 2.58. The highest BCUT2D eigenvalue weighted by atomic mass is 16.4. The summed E-state index contributed by atoms with van der Waals surface area (Å²) in [5, 5.41) is 9.43. The lowest BCUT2D eigenvalue weighted by molar-refractivity contribution is -0.144. The average molecular weight is 300 g/mol. The maximum absolute atomic E-state index is 11.5. The molecule has 2 fully saturated rings. The molecule has 3 N–H and O–H groups in total. The number of rotatable bonds is 2. The summed E-state index contributed by atoms with van der Waals surface area (Å²) in [5.74, 6) is -0.527. The largest absolute Gasteiger partial charge is 0.481 e. The summed E-state index contributed by atoms with van der Waals surface area (Å²) in [6, 6.07) is 7.21. The number of aryl methyl sites for hydroxylation is 2. The highest BCUT2D eigenvalue weighted by Crippen LogP contribution is 2.41.